The Morgan fingerprint density at radius 1 is 1.21 bits per heavy atom. The number of hydrogen-bond acceptors (Lipinski definition) is 6. The van der Waals surface area contributed by atoms with Gasteiger partial charge in [0.05, 0.1) is 5.75 Å². The standard InChI is InChI=1S/C17H14BrN3OS2/c1-11-5-4-6-12(9-11)19-16-20-21-17(24-16)23-10-15(22)13-7-2-3-8-14(13)18/h2-9H,10H2,1H3,(H,19,20). The Morgan fingerprint density at radius 2 is 2.04 bits per heavy atom. The van der Waals surface area contributed by atoms with Crippen LogP contribution < -0.4 is 5.32 Å². The van der Waals surface area contributed by atoms with Gasteiger partial charge in [0, 0.05) is 15.7 Å². The first kappa shape index (κ1) is 17.1. The van der Waals surface area contributed by atoms with E-state index < -0.39 is 0 Å². The Hall–Kier alpha value is -1.70. The number of aryl methyl sites for hydroxylation is 1. The highest BCUT2D eigenvalue weighted by Gasteiger charge is 2.12. The number of halogens is 1. The molecular weight excluding hydrogens is 406 g/mol. The fourth-order valence-corrected chi connectivity index (χ4v) is 4.22. The number of Topliss-reactive ketones (excluding diaryl/α,β-unsaturated/α-hetero) is 1. The van der Waals surface area contributed by atoms with Crippen LogP contribution in [0, 0.1) is 6.92 Å². The van der Waals surface area contributed by atoms with Gasteiger partial charge in [0.2, 0.25) is 5.13 Å². The lowest BCUT2D eigenvalue weighted by Crippen LogP contribution is -2.02. The molecule has 0 saturated carbocycles. The summed E-state index contributed by atoms with van der Waals surface area (Å²) in [6.45, 7) is 2.04. The van der Waals surface area contributed by atoms with Gasteiger partial charge in [0.1, 0.15) is 0 Å². The van der Waals surface area contributed by atoms with Gasteiger partial charge < -0.3 is 5.32 Å². The zero-order chi connectivity index (χ0) is 16.9. The maximum atomic E-state index is 12.3. The fourth-order valence-electron chi connectivity index (χ4n) is 2.06. The molecular formula is C17H14BrN3OS2. The van der Waals surface area contributed by atoms with Crippen molar-refractivity contribution in [3.8, 4) is 0 Å². The highest BCUT2D eigenvalue weighted by Crippen LogP contribution is 2.29. The van der Waals surface area contributed by atoms with Gasteiger partial charge in [-0.3, -0.25) is 4.79 Å². The van der Waals surface area contributed by atoms with Gasteiger partial charge in [0.25, 0.3) is 0 Å². The smallest absolute Gasteiger partial charge is 0.210 e. The molecule has 0 bridgehead atoms. The number of nitrogens with zero attached hydrogens (tertiary/aromatic N) is 2. The third-order valence-corrected chi connectivity index (χ3v) is 5.84. The Labute approximate surface area is 156 Å². The van der Waals surface area contributed by atoms with Crippen LogP contribution in [0.4, 0.5) is 10.8 Å². The predicted octanol–water partition coefficient (Wildman–Crippen LogP) is 5.33. The molecule has 122 valence electrons. The van der Waals surface area contributed by atoms with Crippen molar-refractivity contribution >= 4 is 55.6 Å². The lowest BCUT2D eigenvalue weighted by molar-refractivity contribution is 0.102. The van der Waals surface area contributed by atoms with Crippen LogP contribution in [0.5, 0.6) is 0 Å². The minimum absolute atomic E-state index is 0.0656. The summed E-state index contributed by atoms with van der Waals surface area (Å²) >= 11 is 6.25. The number of carbonyl (C=O) groups excluding carboxylic acids is 1. The number of ketones is 1. The van der Waals surface area contributed by atoms with Gasteiger partial charge in [-0.1, -0.05) is 69.4 Å². The number of aromatic nitrogens is 2. The SMILES string of the molecule is Cc1cccc(Nc2nnc(SCC(=O)c3ccccc3Br)s2)c1. The molecule has 0 aliphatic carbocycles. The average molecular weight is 420 g/mol. The lowest BCUT2D eigenvalue weighted by atomic mass is 10.1. The molecule has 3 aromatic rings. The van der Waals surface area contributed by atoms with Crippen LogP contribution in [0.3, 0.4) is 0 Å². The van der Waals surface area contributed by atoms with Crippen molar-refractivity contribution in [2.75, 3.05) is 11.1 Å². The monoisotopic (exact) mass is 419 g/mol. The molecule has 0 radical (unpaired) electrons. The maximum absolute atomic E-state index is 12.3. The summed E-state index contributed by atoms with van der Waals surface area (Å²) < 4.78 is 1.58. The molecule has 0 saturated heterocycles. The summed E-state index contributed by atoms with van der Waals surface area (Å²) in [7, 11) is 0. The highest BCUT2D eigenvalue weighted by molar-refractivity contribution is 9.10. The van der Waals surface area contributed by atoms with Crippen molar-refractivity contribution in [1.82, 2.24) is 10.2 Å². The summed E-state index contributed by atoms with van der Waals surface area (Å²) in [5, 5.41) is 12.2. The largest absolute Gasteiger partial charge is 0.330 e. The molecule has 0 amide bonds. The van der Waals surface area contributed by atoms with E-state index in [4.69, 9.17) is 0 Å². The summed E-state index contributed by atoms with van der Waals surface area (Å²) in [4.78, 5) is 12.3. The first-order valence-corrected chi connectivity index (χ1v) is 9.79. The van der Waals surface area contributed by atoms with Crippen LogP contribution in [-0.4, -0.2) is 21.7 Å². The molecule has 0 fully saturated rings. The Bertz CT molecular complexity index is 866. The van der Waals surface area contributed by atoms with Crippen molar-refractivity contribution in [3.05, 3.63) is 64.1 Å². The number of rotatable bonds is 6. The van der Waals surface area contributed by atoms with E-state index in [2.05, 4.69) is 31.4 Å². The van der Waals surface area contributed by atoms with E-state index in [1.54, 1.807) is 0 Å². The number of hydrogen-bond donors (Lipinski definition) is 1. The molecule has 1 heterocycles. The Kier molecular flexibility index (Phi) is 5.65. The number of carbonyl (C=O) groups is 1. The third kappa shape index (κ3) is 4.43. The molecule has 4 nitrogen and oxygen atoms in total. The summed E-state index contributed by atoms with van der Waals surface area (Å²) in [5.74, 6) is 0.401. The zero-order valence-electron chi connectivity index (χ0n) is 12.8. The molecule has 3 rings (SSSR count). The fraction of sp³-hybridized carbons (Fsp3) is 0.118. The number of anilines is 2. The summed E-state index contributed by atoms with van der Waals surface area (Å²) in [6, 6.07) is 15.5. The van der Waals surface area contributed by atoms with Gasteiger partial charge in [-0.05, 0) is 30.7 Å². The van der Waals surface area contributed by atoms with Crippen LogP contribution in [0.15, 0.2) is 57.3 Å². The van der Waals surface area contributed by atoms with E-state index in [9.17, 15) is 4.79 Å². The third-order valence-electron chi connectivity index (χ3n) is 3.18. The molecule has 0 aliphatic rings. The minimum atomic E-state index is 0.0656. The van der Waals surface area contributed by atoms with E-state index in [1.165, 1.54) is 28.7 Å². The van der Waals surface area contributed by atoms with E-state index in [1.807, 2.05) is 55.5 Å². The topological polar surface area (TPSA) is 54.9 Å². The predicted molar refractivity (Wildman–Crippen MR) is 104 cm³/mol. The van der Waals surface area contributed by atoms with Crippen LogP contribution in [-0.2, 0) is 0 Å². The molecule has 0 aliphatic heterocycles. The van der Waals surface area contributed by atoms with E-state index in [0.717, 1.165) is 19.6 Å². The van der Waals surface area contributed by atoms with Crippen molar-refractivity contribution in [3.63, 3.8) is 0 Å². The summed E-state index contributed by atoms with van der Waals surface area (Å²) in [5.41, 5.74) is 2.85. The molecule has 24 heavy (non-hydrogen) atoms. The number of nitrogens with one attached hydrogen (secondary N) is 1. The van der Waals surface area contributed by atoms with Crippen molar-refractivity contribution < 1.29 is 4.79 Å². The van der Waals surface area contributed by atoms with Crippen LogP contribution in [0.1, 0.15) is 15.9 Å². The van der Waals surface area contributed by atoms with Crippen LogP contribution in [0.25, 0.3) is 0 Å². The average Bonchev–Trinajstić information content (AvgIpc) is 3.00. The van der Waals surface area contributed by atoms with Crippen molar-refractivity contribution in [2.45, 2.75) is 11.3 Å². The molecule has 2 aromatic carbocycles. The van der Waals surface area contributed by atoms with Gasteiger partial charge in [0.15, 0.2) is 10.1 Å². The normalized spacial score (nSPS) is 10.6. The Balaban J connectivity index is 1.60. The van der Waals surface area contributed by atoms with E-state index >= 15 is 0 Å². The second-order valence-corrected chi connectivity index (χ2v) is 8.11. The second kappa shape index (κ2) is 7.92. The van der Waals surface area contributed by atoms with E-state index in [-0.39, 0.29) is 5.78 Å². The van der Waals surface area contributed by atoms with Crippen LogP contribution >= 0.6 is 39.0 Å². The maximum Gasteiger partial charge on any atom is 0.210 e. The van der Waals surface area contributed by atoms with Crippen LogP contribution in [0.2, 0.25) is 0 Å². The molecule has 1 N–H and O–H groups in total. The first-order valence-electron chi connectivity index (χ1n) is 7.19. The minimum Gasteiger partial charge on any atom is -0.330 e. The molecule has 7 heteroatoms. The van der Waals surface area contributed by atoms with Gasteiger partial charge in [-0.25, -0.2) is 0 Å². The quantitative estimate of drug-likeness (QED) is 0.432. The van der Waals surface area contributed by atoms with Gasteiger partial charge in [-0.2, -0.15) is 0 Å². The number of thioether (sulfide) groups is 1. The highest BCUT2D eigenvalue weighted by atomic mass is 79.9. The van der Waals surface area contributed by atoms with Gasteiger partial charge >= 0.3 is 0 Å². The van der Waals surface area contributed by atoms with E-state index in [0.29, 0.717) is 11.3 Å². The van der Waals surface area contributed by atoms with Gasteiger partial charge in [-0.15, -0.1) is 10.2 Å². The molecule has 1 aromatic heterocycles. The lowest BCUT2D eigenvalue weighted by Gasteiger charge is -2.02. The molecule has 0 atom stereocenters. The molecule has 0 unspecified atom stereocenters. The Morgan fingerprint density at radius 3 is 2.83 bits per heavy atom. The van der Waals surface area contributed by atoms with Crippen molar-refractivity contribution in [1.29, 1.82) is 0 Å². The molecule has 0 spiro atoms. The number of benzene rings is 2. The first-order chi connectivity index (χ1) is 11.6. The van der Waals surface area contributed by atoms with Crippen molar-refractivity contribution in [2.24, 2.45) is 0 Å². The zero-order valence-corrected chi connectivity index (χ0v) is 16.0. The second-order valence-electron chi connectivity index (χ2n) is 5.06. The summed E-state index contributed by atoms with van der Waals surface area (Å²) in [6.07, 6.45) is 0.